The number of benzene rings is 3. The molecule has 1 fully saturated rings. The SMILES string of the molecule is O=S(O)Cc1ccc(N2CCNCC2)cc1Nc1cccc2ccccc12. The molecule has 4 rings (SSSR count). The summed E-state index contributed by atoms with van der Waals surface area (Å²) in [6, 6.07) is 20.5. The number of fused-ring (bicyclic) bond motifs is 1. The zero-order chi connectivity index (χ0) is 18.6. The van der Waals surface area contributed by atoms with Gasteiger partial charge in [0.1, 0.15) is 0 Å². The zero-order valence-corrected chi connectivity index (χ0v) is 15.8. The lowest BCUT2D eigenvalue weighted by molar-refractivity contribution is 0.563. The van der Waals surface area contributed by atoms with E-state index in [1.54, 1.807) is 0 Å². The largest absolute Gasteiger partial charge is 0.369 e. The highest BCUT2D eigenvalue weighted by Gasteiger charge is 2.14. The molecule has 1 atom stereocenters. The van der Waals surface area contributed by atoms with Crippen LogP contribution in [0.4, 0.5) is 17.1 Å². The summed E-state index contributed by atoms with van der Waals surface area (Å²) in [6.07, 6.45) is 0. The van der Waals surface area contributed by atoms with Gasteiger partial charge in [-0.2, -0.15) is 0 Å². The molecule has 0 saturated carbocycles. The third-order valence-corrected chi connectivity index (χ3v) is 5.47. The molecule has 3 aromatic carbocycles. The molecular formula is C21H23N3O2S. The molecule has 3 aromatic rings. The van der Waals surface area contributed by atoms with E-state index in [0.717, 1.165) is 59.6 Å². The van der Waals surface area contributed by atoms with Gasteiger partial charge >= 0.3 is 0 Å². The van der Waals surface area contributed by atoms with E-state index in [1.165, 1.54) is 0 Å². The summed E-state index contributed by atoms with van der Waals surface area (Å²) in [5, 5.41) is 9.17. The van der Waals surface area contributed by atoms with Crippen molar-refractivity contribution in [3.05, 3.63) is 66.2 Å². The highest BCUT2D eigenvalue weighted by atomic mass is 32.2. The molecule has 140 valence electrons. The van der Waals surface area contributed by atoms with Crippen LogP contribution < -0.4 is 15.5 Å². The smallest absolute Gasteiger partial charge is 0.157 e. The lowest BCUT2D eigenvalue weighted by Crippen LogP contribution is -2.43. The van der Waals surface area contributed by atoms with Crippen LogP contribution >= 0.6 is 0 Å². The fraction of sp³-hybridized carbons (Fsp3) is 0.238. The molecule has 1 unspecified atom stereocenters. The summed E-state index contributed by atoms with van der Waals surface area (Å²) in [6.45, 7) is 3.85. The minimum atomic E-state index is -1.89. The van der Waals surface area contributed by atoms with Crippen molar-refractivity contribution in [2.24, 2.45) is 0 Å². The molecule has 6 heteroatoms. The first-order chi connectivity index (χ1) is 13.2. The summed E-state index contributed by atoms with van der Waals surface area (Å²) in [5.74, 6) is 0.106. The van der Waals surface area contributed by atoms with E-state index in [-0.39, 0.29) is 5.75 Å². The number of hydrogen-bond donors (Lipinski definition) is 3. The van der Waals surface area contributed by atoms with Crippen molar-refractivity contribution in [3.63, 3.8) is 0 Å². The van der Waals surface area contributed by atoms with Crippen LogP contribution in [-0.2, 0) is 16.8 Å². The van der Waals surface area contributed by atoms with Gasteiger partial charge in [0.05, 0.1) is 5.75 Å². The van der Waals surface area contributed by atoms with Gasteiger partial charge in [-0.25, -0.2) is 4.21 Å². The van der Waals surface area contributed by atoms with Gasteiger partial charge in [-0.05, 0) is 29.1 Å². The zero-order valence-electron chi connectivity index (χ0n) is 15.0. The number of rotatable bonds is 5. The van der Waals surface area contributed by atoms with E-state index in [4.69, 9.17) is 0 Å². The van der Waals surface area contributed by atoms with Gasteiger partial charge in [0.25, 0.3) is 0 Å². The molecule has 0 spiro atoms. The van der Waals surface area contributed by atoms with Gasteiger partial charge in [-0.1, -0.05) is 42.5 Å². The second-order valence-corrected chi connectivity index (χ2v) is 7.63. The van der Waals surface area contributed by atoms with Crippen LogP contribution in [0.15, 0.2) is 60.7 Å². The van der Waals surface area contributed by atoms with E-state index in [0.29, 0.717) is 0 Å². The molecule has 3 N–H and O–H groups in total. The Kier molecular flexibility index (Phi) is 5.38. The Morgan fingerprint density at radius 3 is 2.59 bits per heavy atom. The van der Waals surface area contributed by atoms with Crippen molar-refractivity contribution in [1.82, 2.24) is 5.32 Å². The molecule has 27 heavy (non-hydrogen) atoms. The highest BCUT2D eigenvalue weighted by Crippen LogP contribution is 2.31. The van der Waals surface area contributed by atoms with Crippen molar-refractivity contribution >= 4 is 38.9 Å². The highest BCUT2D eigenvalue weighted by molar-refractivity contribution is 7.78. The average molecular weight is 382 g/mol. The Labute approximate surface area is 161 Å². The van der Waals surface area contributed by atoms with Gasteiger partial charge in [0.2, 0.25) is 0 Å². The topological polar surface area (TPSA) is 64.6 Å². The summed E-state index contributed by atoms with van der Waals surface area (Å²) in [4.78, 5) is 2.34. The second-order valence-electron chi connectivity index (χ2n) is 6.70. The van der Waals surface area contributed by atoms with E-state index >= 15 is 0 Å². The molecule has 0 aliphatic carbocycles. The van der Waals surface area contributed by atoms with Gasteiger partial charge < -0.3 is 20.1 Å². The summed E-state index contributed by atoms with van der Waals surface area (Å²) in [7, 11) is 0. The Morgan fingerprint density at radius 2 is 1.78 bits per heavy atom. The third-order valence-electron chi connectivity index (χ3n) is 4.91. The molecular weight excluding hydrogens is 358 g/mol. The quantitative estimate of drug-likeness (QED) is 0.588. The van der Waals surface area contributed by atoms with Gasteiger partial charge in [-0.3, -0.25) is 0 Å². The number of hydrogen-bond acceptors (Lipinski definition) is 4. The monoisotopic (exact) mass is 381 g/mol. The Balaban J connectivity index is 1.72. The molecule has 0 radical (unpaired) electrons. The van der Waals surface area contributed by atoms with E-state index in [9.17, 15) is 8.76 Å². The maximum atomic E-state index is 11.4. The maximum absolute atomic E-state index is 11.4. The summed E-state index contributed by atoms with van der Waals surface area (Å²) in [5.41, 5.74) is 3.84. The van der Waals surface area contributed by atoms with Crippen molar-refractivity contribution < 1.29 is 8.76 Å². The Hall–Kier alpha value is -2.41. The van der Waals surface area contributed by atoms with Crippen LogP contribution in [0.2, 0.25) is 0 Å². The molecule has 0 aromatic heterocycles. The molecule has 1 aliphatic rings. The van der Waals surface area contributed by atoms with Gasteiger partial charge in [0.15, 0.2) is 11.1 Å². The first-order valence-corrected chi connectivity index (χ1v) is 10.4. The molecule has 0 amide bonds. The van der Waals surface area contributed by atoms with Gasteiger partial charge in [-0.15, -0.1) is 0 Å². The van der Waals surface area contributed by atoms with Crippen molar-refractivity contribution in [1.29, 1.82) is 0 Å². The molecule has 5 nitrogen and oxygen atoms in total. The predicted octanol–water partition coefficient (Wildman–Crippen LogP) is 3.71. The van der Waals surface area contributed by atoms with E-state index in [2.05, 4.69) is 39.8 Å². The van der Waals surface area contributed by atoms with Crippen LogP contribution in [-0.4, -0.2) is 34.9 Å². The first kappa shape index (κ1) is 18.0. The lowest BCUT2D eigenvalue weighted by Gasteiger charge is -2.30. The number of anilines is 3. The molecule has 0 bridgehead atoms. The number of nitrogens with one attached hydrogen (secondary N) is 2. The summed E-state index contributed by atoms with van der Waals surface area (Å²) < 4.78 is 20.8. The van der Waals surface area contributed by atoms with Gasteiger partial charge in [0, 0.05) is 48.6 Å². The normalized spacial score (nSPS) is 15.7. The predicted molar refractivity (Wildman–Crippen MR) is 113 cm³/mol. The minimum absolute atomic E-state index is 0.106. The summed E-state index contributed by atoms with van der Waals surface area (Å²) >= 11 is -1.89. The third kappa shape index (κ3) is 4.13. The maximum Gasteiger partial charge on any atom is 0.157 e. The van der Waals surface area contributed by atoms with Crippen molar-refractivity contribution in [2.45, 2.75) is 5.75 Å². The Bertz CT molecular complexity index is 965. The van der Waals surface area contributed by atoms with Crippen molar-refractivity contribution in [3.8, 4) is 0 Å². The van der Waals surface area contributed by atoms with Crippen LogP contribution in [0.1, 0.15) is 5.56 Å². The standard InChI is InChI=1S/C21H23N3O2S/c25-27(26)15-17-8-9-18(24-12-10-22-11-13-24)14-21(17)23-20-7-3-5-16-4-1-2-6-19(16)20/h1-9,14,22-23H,10-13,15H2,(H,25,26). The van der Waals surface area contributed by atoms with E-state index < -0.39 is 11.1 Å². The van der Waals surface area contributed by atoms with Crippen LogP contribution in [0, 0.1) is 0 Å². The van der Waals surface area contributed by atoms with Crippen LogP contribution in [0.3, 0.4) is 0 Å². The van der Waals surface area contributed by atoms with Crippen LogP contribution in [0.5, 0.6) is 0 Å². The molecule has 1 heterocycles. The minimum Gasteiger partial charge on any atom is -0.369 e. The first-order valence-electron chi connectivity index (χ1n) is 9.11. The number of nitrogens with zero attached hydrogens (tertiary/aromatic N) is 1. The molecule has 1 saturated heterocycles. The van der Waals surface area contributed by atoms with Crippen molar-refractivity contribution in [2.75, 3.05) is 36.4 Å². The second kappa shape index (κ2) is 8.08. The lowest BCUT2D eigenvalue weighted by atomic mass is 10.1. The fourth-order valence-electron chi connectivity index (χ4n) is 3.54. The average Bonchev–Trinajstić information content (AvgIpc) is 2.70. The number of piperazine rings is 1. The Morgan fingerprint density at radius 1 is 1.00 bits per heavy atom. The molecule has 1 aliphatic heterocycles. The fourth-order valence-corrected chi connectivity index (χ4v) is 4.06. The van der Waals surface area contributed by atoms with E-state index in [1.807, 2.05) is 36.4 Å². The van der Waals surface area contributed by atoms with Crippen LogP contribution in [0.25, 0.3) is 10.8 Å².